The van der Waals surface area contributed by atoms with Crippen molar-refractivity contribution in [3.05, 3.63) is 46.7 Å². The van der Waals surface area contributed by atoms with Gasteiger partial charge < -0.3 is 14.8 Å². The van der Waals surface area contributed by atoms with Crippen LogP contribution in [0, 0.1) is 5.92 Å². The Morgan fingerprint density at radius 2 is 2.20 bits per heavy atom. The van der Waals surface area contributed by atoms with Crippen LogP contribution < -0.4 is 10.2 Å². The molecule has 2 aromatic heterocycles. The number of anilines is 1. The van der Waals surface area contributed by atoms with Crippen LogP contribution in [-0.2, 0) is 18.4 Å². The first-order valence-corrected chi connectivity index (χ1v) is 9.57. The van der Waals surface area contributed by atoms with Crippen molar-refractivity contribution in [2.45, 2.75) is 19.4 Å². The highest BCUT2D eigenvalue weighted by atomic mass is 32.1. The van der Waals surface area contributed by atoms with E-state index in [1.165, 1.54) is 4.88 Å². The molecule has 3 aromatic rings. The molecule has 1 amide bonds. The third-order valence-corrected chi connectivity index (χ3v) is 5.73. The number of aromatic nitrogens is 2. The molecule has 4 rings (SSSR count). The first-order chi connectivity index (χ1) is 12.2. The van der Waals surface area contributed by atoms with E-state index >= 15 is 0 Å². The number of piperidine rings is 1. The van der Waals surface area contributed by atoms with Gasteiger partial charge in [-0.3, -0.25) is 4.79 Å². The van der Waals surface area contributed by atoms with Gasteiger partial charge in [0.25, 0.3) is 0 Å². The summed E-state index contributed by atoms with van der Waals surface area (Å²) in [5.41, 5.74) is 2.13. The molecule has 0 radical (unpaired) electrons. The molecule has 1 N–H and O–H groups in total. The molecule has 6 heteroatoms. The lowest BCUT2D eigenvalue weighted by Gasteiger charge is -2.32. The molecule has 1 atom stereocenters. The van der Waals surface area contributed by atoms with Crippen molar-refractivity contribution in [1.29, 1.82) is 0 Å². The number of carbonyl (C=O) groups excluding carboxylic acids is 1. The number of hydrogen-bond acceptors (Lipinski definition) is 4. The summed E-state index contributed by atoms with van der Waals surface area (Å²) >= 11 is 1.67. The minimum atomic E-state index is 0.0218. The summed E-state index contributed by atoms with van der Waals surface area (Å²) in [6.45, 7) is 2.30. The molecule has 1 aromatic carbocycles. The van der Waals surface area contributed by atoms with Gasteiger partial charge in [-0.1, -0.05) is 18.2 Å². The van der Waals surface area contributed by atoms with Gasteiger partial charge in [-0.2, -0.15) is 0 Å². The quantitative estimate of drug-likeness (QED) is 0.783. The summed E-state index contributed by atoms with van der Waals surface area (Å²) in [5, 5.41) is 5.12. The summed E-state index contributed by atoms with van der Waals surface area (Å²) in [7, 11) is 2.05. The van der Waals surface area contributed by atoms with E-state index in [9.17, 15) is 4.79 Å². The topological polar surface area (TPSA) is 50.2 Å². The molecule has 0 spiro atoms. The Hall–Kier alpha value is -2.34. The molecule has 0 saturated carbocycles. The summed E-state index contributed by atoms with van der Waals surface area (Å²) in [6, 6.07) is 12.2. The van der Waals surface area contributed by atoms with E-state index in [1.807, 2.05) is 36.7 Å². The molecule has 3 heterocycles. The highest BCUT2D eigenvalue weighted by Gasteiger charge is 2.28. The van der Waals surface area contributed by atoms with Crippen LogP contribution in [0.2, 0.25) is 0 Å². The fraction of sp³-hybridized carbons (Fsp3) is 0.368. The van der Waals surface area contributed by atoms with Crippen LogP contribution in [0.15, 0.2) is 41.8 Å². The lowest BCUT2D eigenvalue weighted by Crippen LogP contribution is -2.43. The molecule has 0 bridgehead atoms. The van der Waals surface area contributed by atoms with Crippen molar-refractivity contribution in [3.8, 4) is 0 Å². The minimum absolute atomic E-state index is 0.0218. The predicted octanol–water partition coefficient (Wildman–Crippen LogP) is 3.17. The number of hydrogen-bond donors (Lipinski definition) is 1. The highest BCUT2D eigenvalue weighted by Crippen LogP contribution is 2.26. The number of fused-ring (bicyclic) bond motifs is 1. The zero-order chi connectivity index (χ0) is 17.2. The molecule has 1 fully saturated rings. The van der Waals surface area contributed by atoms with E-state index in [1.54, 1.807) is 11.3 Å². The average Bonchev–Trinajstić information content (AvgIpc) is 3.28. The normalized spacial score (nSPS) is 17.8. The van der Waals surface area contributed by atoms with Gasteiger partial charge in [0.15, 0.2) is 0 Å². The number of imidazole rings is 1. The smallest absolute Gasteiger partial charge is 0.225 e. The molecular weight excluding hydrogens is 332 g/mol. The van der Waals surface area contributed by atoms with Crippen molar-refractivity contribution >= 4 is 34.2 Å². The Morgan fingerprint density at radius 1 is 1.32 bits per heavy atom. The largest absolute Gasteiger partial charge is 0.351 e. The highest BCUT2D eigenvalue weighted by molar-refractivity contribution is 7.09. The van der Waals surface area contributed by atoms with E-state index in [2.05, 4.69) is 26.9 Å². The Bertz CT molecular complexity index is 871. The van der Waals surface area contributed by atoms with Crippen LogP contribution in [0.25, 0.3) is 11.0 Å². The maximum absolute atomic E-state index is 12.6. The SMILES string of the molecule is Cn1c(N2CCCC(C(=O)NCc3cccs3)C2)nc2ccccc21. The molecule has 25 heavy (non-hydrogen) atoms. The van der Waals surface area contributed by atoms with Crippen molar-refractivity contribution < 1.29 is 4.79 Å². The number of nitrogens with one attached hydrogen (secondary N) is 1. The van der Waals surface area contributed by atoms with Crippen LogP contribution in [0.4, 0.5) is 5.95 Å². The second kappa shape index (κ2) is 6.88. The van der Waals surface area contributed by atoms with Crippen molar-refractivity contribution in [2.75, 3.05) is 18.0 Å². The number of amides is 1. The molecule has 5 nitrogen and oxygen atoms in total. The van der Waals surface area contributed by atoms with Crippen LogP contribution in [0.1, 0.15) is 17.7 Å². The standard InChI is InChI=1S/C19H22N4OS/c1-22-17-9-3-2-8-16(17)21-19(22)23-10-4-6-14(13-23)18(24)20-12-15-7-5-11-25-15/h2-3,5,7-9,11,14H,4,6,10,12-13H2,1H3,(H,20,24). The summed E-state index contributed by atoms with van der Waals surface area (Å²) in [5.74, 6) is 1.13. The Balaban J connectivity index is 1.46. The third-order valence-electron chi connectivity index (χ3n) is 4.86. The average molecular weight is 354 g/mol. The van der Waals surface area contributed by atoms with Crippen LogP contribution in [0.5, 0.6) is 0 Å². The van der Waals surface area contributed by atoms with Gasteiger partial charge in [0.05, 0.1) is 23.5 Å². The van der Waals surface area contributed by atoms with Gasteiger partial charge in [0.1, 0.15) is 0 Å². The molecule has 1 unspecified atom stereocenters. The van der Waals surface area contributed by atoms with Gasteiger partial charge in [-0.15, -0.1) is 11.3 Å². The maximum Gasteiger partial charge on any atom is 0.225 e. The monoisotopic (exact) mass is 354 g/mol. The second-order valence-corrected chi connectivity index (χ2v) is 7.57. The molecule has 0 aliphatic carbocycles. The second-order valence-electron chi connectivity index (χ2n) is 6.54. The van der Waals surface area contributed by atoms with E-state index in [-0.39, 0.29) is 11.8 Å². The van der Waals surface area contributed by atoms with Gasteiger partial charge in [0, 0.05) is 25.0 Å². The lowest BCUT2D eigenvalue weighted by atomic mass is 9.97. The number of carbonyl (C=O) groups is 1. The summed E-state index contributed by atoms with van der Waals surface area (Å²) in [4.78, 5) is 20.8. The Labute approximate surface area is 151 Å². The van der Waals surface area contributed by atoms with Crippen LogP contribution >= 0.6 is 11.3 Å². The number of nitrogens with zero attached hydrogens (tertiary/aromatic N) is 3. The molecule has 1 aliphatic heterocycles. The van der Waals surface area contributed by atoms with Gasteiger partial charge in [0.2, 0.25) is 11.9 Å². The predicted molar refractivity (Wildman–Crippen MR) is 102 cm³/mol. The Kier molecular flexibility index (Phi) is 4.44. The summed E-state index contributed by atoms with van der Waals surface area (Å²) in [6.07, 6.45) is 1.96. The molecule has 1 saturated heterocycles. The van der Waals surface area contributed by atoms with E-state index in [0.717, 1.165) is 42.9 Å². The van der Waals surface area contributed by atoms with Gasteiger partial charge in [-0.25, -0.2) is 4.98 Å². The molecular formula is C19H22N4OS. The minimum Gasteiger partial charge on any atom is -0.351 e. The van der Waals surface area contributed by atoms with Crippen molar-refractivity contribution in [2.24, 2.45) is 13.0 Å². The van der Waals surface area contributed by atoms with Gasteiger partial charge in [-0.05, 0) is 36.4 Å². The number of thiophene rings is 1. The van der Waals surface area contributed by atoms with Crippen LogP contribution in [-0.4, -0.2) is 28.5 Å². The molecule has 1 aliphatic rings. The van der Waals surface area contributed by atoms with E-state index in [4.69, 9.17) is 4.98 Å². The number of rotatable bonds is 4. The zero-order valence-electron chi connectivity index (χ0n) is 14.3. The van der Waals surface area contributed by atoms with E-state index < -0.39 is 0 Å². The fourth-order valence-electron chi connectivity index (χ4n) is 3.52. The fourth-order valence-corrected chi connectivity index (χ4v) is 4.16. The Morgan fingerprint density at radius 3 is 3.00 bits per heavy atom. The lowest BCUT2D eigenvalue weighted by molar-refractivity contribution is -0.125. The van der Waals surface area contributed by atoms with Gasteiger partial charge >= 0.3 is 0 Å². The third kappa shape index (κ3) is 3.26. The number of aryl methyl sites for hydroxylation is 1. The zero-order valence-corrected chi connectivity index (χ0v) is 15.1. The first kappa shape index (κ1) is 16.1. The van der Waals surface area contributed by atoms with E-state index in [0.29, 0.717) is 6.54 Å². The maximum atomic E-state index is 12.6. The van der Waals surface area contributed by atoms with Crippen molar-refractivity contribution in [3.63, 3.8) is 0 Å². The van der Waals surface area contributed by atoms with Crippen molar-refractivity contribution in [1.82, 2.24) is 14.9 Å². The molecule has 130 valence electrons. The van der Waals surface area contributed by atoms with Crippen LogP contribution in [0.3, 0.4) is 0 Å². The summed E-state index contributed by atoms with van der Waals surface area (Å²) < 4.78 is 2.13. The number of benzene rings is 1. The number of para-hydroxylation sites is 2. The first-order valence-electron chi connectivity index (χ1n) is 8.69.